The van der Waals surface area contributed by atoms with E-state index in [4.69, 9.17) is 5.73 Å². The highest BCUT2D eigenvalue weighted by atomic mass is 16.6. The Bertz CT molecular complexity index is 662. The van der Waals surface area contributed by atoms with E-state index in [0.29, 0.717) is 13.0 Å². The second kappa shape index (κ2) is 4.40. The molecular weight excluding hydrogens is 246 g/mol. The molecule has 0 fully saturated rings. The van der Waals surface area contributed by atoms with E-state index in [1.54, 1.807) is 0 Å². The number of nitrogens with two attached hydrogens (primary N) is 1. The van der Waals surface area contributed by atoms with E-state index >= 15 is 0 Å². The molecule has 0 radical (unpaired) electrons. The minimum Gasteiger partial charge on any atom is -0.375 e. The van der Waals surface area contributed by atoms with Crippen LogP contribution in [-0.4, -0.2) is 23.1 Å². The van der Waals surface area contributed by atoms with Crippen LogP contribution in [0.1, 0.15) is 11.3 Å². The van der Waals surface area contributed by atoms with Gasteiger partial charge in [0.05, 0.1) is 0 Å². The van der Waals surface area contributed by atoms with Gasteiger partial charge in [0.2, 0.25) is 0 Å². The summed E-state index contributed by atoms with van der Waals surface area (Å²) in [7, 11) is 0. The largest absolute Gasteiger partial charge is 0.412 e. The molecule has 0 saturated carbocycles. The predicted molar refractivity (Wildman–Crippen MR) is 68.3 cm³/mol. The number of H-pyrrole nitrogens is 1. The highest BCUT2D eigenvalue weighted by molar-refractivity contribution is 5.89. The van der Waals surface area contributed by atoms with Crippen LogP contribution in [0.5, 0.6) is 0 Å². The number of carbonyl (C=O) groups is 2. The van der Waals surface area contributed by atoms with Gasteiger partial charge in [0.1, 0.15) is 6.04 Å². The minimum absolute atomic E-state index is 0.478. The third-order valence-corrected chi connectivity index (χ3v) is 3.32. The average Bonchev–Trinajstić information content (AvgIpc) is 2.75. The number of aromatic nitrogens is 1. The zero-order valence-electron chi connectivity index (χ0n) is 10.1. The van der Waals surface area contributed by atoms with E-state index in [1.165, 1.54) is 0 Å². The molecule has 0 saturated heterocycles. The summed E-state index contributed by atoms with van der Waals surface area (Å²) in [5.41, 5.74) is 8.03. The number of hydrogen-bond donors (Lipinski definition) is 3. The summed E-state index contributed by atoms with van der Waals surface area (Å²) in [5.74, 6) is -0.636. The summed E-state index contributed by atoms with van der Waals surface area (Å²) in [6.07, 6.45) is -0.595. The lowest BCUT2D eigenvalue weighted by atomic mass is 9.99. The number of amides is 1. The normalized spacial score (nSPS) is 18.0. The standard InChI is InChI=1S/C13H13N3O3/c14-13(18)19-12(17)10-5-8-7-3-1-2-4-9(7)16-11(8)6-15-10/h1-4,10,15-16H,5-6H2,(H2,14,18). The molecular formula is C13H13N3O3. The Labute approximate surface area is 108 Å². The molecule has 1 aromatic carbocycles. The van der Waals surface area contributed by atoms with E-state index < -0.39 is 18.1 Å². The van der Waals surface area contributed by atoms with E-state index in [9.17, 15) is 9.59 Å². The first-order valence-corrected chi connectivity index (χ1v) is 5.98. The zero-order valence-corrected chi connectivity index (χ0v) is 10.1. The molecule has 0 spiro atoms. The predicted octanol–water partition coefficient (Wildman–Crippen LogP) is 0.804. The number of hydrogen-bond acceptors (Lipinski definition) is 4. The molecule has 3 rings (SSSR count). The lowest BCUT2D eigenvalue weighted by molar-refractivity contribution is -0.139. The van der Waals surface area contributed by atoms with Crippen LogP contribution in [0.15, 0.2) is 24.3 Å². The molecule has 1 atom stereocenters. The third-order valence-electron chi connectivity index (χ3n) is 3.32. The van der Waals surface area contributed by atoms with Crippen LogP contribution in [0.3, 0.4) is 0 Å². The van der Waals surface area contributed by atoms with Gasteiger partial charge >= 0.3 is 12.1 Å². The van der Waals surface area contributed by atoms with E-state index in [1.807, 2.05) is 24.3 Å². The molecule has 6 nitrogen and oxygen atoms in total. The van der Waals surface area contributed by atoms with Crippen molar-refractivity contribution in [2.75, 3.05) is 0 Å². The number of aromatic amines is 1. The Balaban J connectivity index is 1.90. The second-order valence-corrected chi connectivity index (χ2v) is 4.51. The van der Waals surface area contributed by atoms with Crippen molar-refractivity contribution in [1.82, 2.24) is 10.3 Å². The highest BCUT2D eigenvalue weighted by Gasteiger charge is 2.28. The Kier molecular flexibility index (Phi) is 2.72. The molecule has 1 aromatic heterocycles. The number of primary amides is 1. The molecule has 4 N–H and O–H groups in total. The van der Waals surface area contributed by atoms with Gasteiger partial charge < -0.3 is 15.5 Å². The van der Waals surface area contributed by atoms with Crippen molar-refractivity contribution in [3.05, 3.63) is 35.5 Å². The molecule has 1 amide bonds. The van der Waals surface area contributed by atoms with Gasteiger partial charge in [-0.1, -0.05) is 18.2 Å². The molecule has 0 aliphatic carbocycles. The fourth-order valence-corrected chi connectivity index (χ4v) is 2.48. The molecule has 1 aliphatic heterocycles. The van der Waals surface area contributed by atoms with Gasteiger partial charge in [0.25, 0.3) is 0 Å². The maximum absolute atomic E-state index is 11.7. The third kappa shape index (κ3) is 2.06. The molecule has 1 aliphatic rings. The number of benzene rings is 1. The zero-order chi connectivity index (χ0) is 13.4. The Morgan fingerprint density at radius 2 is 2.11 bits per heavy atom. The first kappa shape index (κ1) is 11.7. The number of fused-ring (bicyclic) bond motifs is 3. The number of ether oxygens (including phenoxy) is 1. The molecule has 98 valence electrons. The van der Waals surface area contributed by atoms with Crippen molar-refractivity contribution >= 4 is 23.0 Å². The number of nitrogens with one attached hydrogen (secondary N) is 2. The van der Waals surface area contributed by atoms with Gasteiger partial charge in [-0.05, 0) is 11.6 Å². The fourth-order valence-electron chi connectivity index (χ4n) is 2.48. The topological polar surface area (TPSA) is 97.2 Å². The lowest BCUT2D eigenvalue weighted by Crippen LogP contribution is -2.43. The SMILES string of the molecule is NC(=O)OC(=O)C1Cc2c([nH]c3ccccc23)CN1. The summed E-state index contributed by atoms with van der Waals surface area (Å²) >= 11 is 0. The van der Waals surface area contributed by atoms with E-state index in [0.717, 1.165) is 22.2 Å². The number of carbonyl (C=O) groups excluding carboxylic acids is 2. The number of esters is 1. The summed E-state index contributed by atoms with van der Waals surface area (Å²) in [4.78, 5) is 25.6. The Morgan fingerprint density at radius 1 is 1.32 bits per heavy atom. The minimum atomic E-state index is -1.07. The second-order valence-electron chi connectivity index (χ2n) is 4.51. The van der Waals surface area contributed by atoms with Gasteiger partial charge in [-0.2, -0.15) is 0 Å². The first-order valence-electron chi connectivity index (χ1n) is 5.98. The molecule has 6 heteroatoms. The monoisotopic (exact) mass is 259 g/mol. The highest BCUT2D eigenvalue weighted by Crippen LogP contribution is 2.26. The van der Waals surface area contributed by atoms with Crippen LogP contribution in [0, 0.1) is 0 Å². The van der Waals surface area contributed by atoms with Crippen LogP contribution >= 0.6 is 0 Å². The van der Waals surface area contributed by atoms with Crippen LogP contribution in [-0.2, 0) is 22.5 Å². The molecule has 1 unspecified atom stereocenters. The summed E-state index contributed by atoms with van der Waals surface area (Å²) < 4.78 is 4.42. The van der Waals surface area contributed by atoms with Gasteiger partial charge in [-0.25, -0.2) is 9.59 Å². The first-order chi connectivity index (χ1) is 9.15. The van der Waals surface area contributed by atoms with Crippen LogP contribution in [0.4, 0.5) is 4.79 Å². The van der Waals surface area contributed by atoms with Gasteiger partial charge in [-0.15, -0.1) is 0 Å². The van der Waals surface area contributed by atoms with Crippen LogP contribution in [0.25, 0.3) is 10.9 Å². The van der Waals surface area contributed by atoms with E-state index in [2.05, 4.69) is 15.0 Å². The fraction of sp³-hybridized carbons (Fsp3) is 0.231. The van der Waals surface area contributed by atoms with Crippen molar-refractivity contribution < 1.29 is 14.3 Å². The molecule has 0 bridgehead atoms. The lowest BCUT2D eigenvalue weighted by Gasteiger charge is -2.21. The van der Waals surface area contributed by atoms with Crippen molar-refractivity contribution in [2.24, 2.45) is 5.73 Å². The number of rotatable bonds is 1. The van der Waals surface area contributed by atoms with Crippen LogP contribution in [0.2, 0.25) is 0 Å². The average molecular weight is 259 g/mol. The van der Waals surface area contributed by atoms with Gasteiger partial charge in [-0.3, -0.25) is 5.32 Å². The van der Waals surface area contributed by atoms with Gasteiger partial charge in [0, 0.05) is 29.6 Å². The summed E-state index contributed by atoms with van der Waals surface area (Å²) in [6.45, 7) is 0.530. The van der Waals surface area contributed by atoms with E-state index in [-0.39, 0.29) is 0 Å². The summed E-state index contributed by atoms with van der Waals surface area (Å²) in [5, 5.41) is 4.12. The summed E-state index contributed by atoms with van der Waals surface area (Å²) in [6, 6.07) is 7.36. The van der Waals surface area contributed by atoms with Crippen molar-refractivity contribution in [3.63, 3.8) is 0 Å². The van der Waals surface area contributed by atoms with Crippen molar-refractivity contribution in [2.45, 2.75) is 19.0 Å². The van der Waals surface area contributed by atoms with Crippen molar-refractivity contribution in [1.29, 1.82) is 0 Å². The quantitative estimate of drug-likeness (QED) is 0.521. The van der Waals surface area contributed by atoms with Crippen LogP contribution < -0.4 is 11.1 Å². The molecule has 2 heterocycles. The molecule has 2 aromatic rings. The maximum Gasteiger partial charge on any atom is 0.412 e. The number of para-hydroxylation sites is 1. The van der Waals surface area contributed by atoms with Crippen molar-refractivity contribution in [3.8, 4) is 0 Å². The molecule has 19 heavy (non-hydrogen) atoms. The van der Waals surface area contributed by atoms with Gasteiger partial charge in [0.15, 0.2) is 0 Å². The Hall–Kier alpha value is -2.34. The smallest absolute Gasteiger partial charge is 0.375 e. The maximum atomic E-state index is 11.7. The Morgan fingerprint density at radius 3 is 2.89 bits per heavy atom.